The number of carbonyl (C=O) groups excluding carboxylic acids is 1. The van der Waals surface area contributed by atoms with Gasteiger partial charge in [-0.05, 0) is 97.7 Å². The van der Waals surface area contributed by atoms with Crippen LogP contribution in [0.4, 0.5) is 0 Å². The van der Waals surface area contributed by atoms with E-state index in [0.29, 0.717) is 38.5 Å². The Bertz CT molecular complexity index is 2150. The van der Waals surface area contributed by atoms with Crippen molar-refractivity contribution in [2.45, 2.75) is 229 Å². The van der Waals surface area contributed by atoms with Gasteiger partial charge in [0.1, 0.15) is 85.1 Å². The zero-order valence-electron chi connectivity index (χ0n) is 44.4. The smallest absolute Gasteiger partial charge is 0.335 e. The van der Waals surface area contributed by atoms with Gasteiger partial charge in [-0.3, -0.25) is 4.79 Å². The van der Waals surface area contributed by atoms with Gasteiger partial charge < -0.3 is 104 Å². The van der Waals surface area contributed by atoms with Gasteiger partial charge in [-0.2, -0.15) is 0 Å². The molecule has 0 spiro atoms. The molecule has 0 radical (unpaired) electrons. The average Bonchev–Trinajstić information content (AvgIpc) is 3.51. The van der Waals surface area contributed by atoms with Crippen molar-refractivity contribution in [3.8, 4) is 0 Å². The van der Waals surface area contributed by atoms with Crippen LogP contribution in [0.5, 0.6) is 0 Å². The first-order chi connectivity index (χ1) is 35.5. The van der Waals surface area contributed by atoms with Crippen molar-refractivity contribution in [2.24, 2.45) is 50.2 Å². The number of ether oxygens (including phenoxy) is 8. The maximum atomic E-state index is 14.5. The van der Waals surface area contributed by atoms with Crippen molar-refractivity contribution in [2.75, 3.05) is 26.4 Å². The third-order valence-corrected chi connectivity index (χ3v) is 21.2. The molecular formula is C53H84O23. The maximum absolute atomic E-state index is 14.5. The third-order valence-electron chi connectivity index (χ3n) is 21.2. The third kappa shape index (κ3) is 9.38. The predicted molar refractivity (Wildman–Crippen MR) is 258 cm³/mol. The lowest BCUT2D eigenvalue weighted by atomic mass is 9.33. The Morgan fingerprint density at radius 1 is 0.684 bits per heavy atom. The minimum absolute atomic E-state index is 0.0188. The summed E-state index contributed by atoms with van der Waals surface area (Å²) in [5, 5.41) is 139. The van der Waals surface area contributed by atoms with E-state index in [4.69, 9.17) is 37.9 Å². The molecule has 9 rings (SSSR count). The fourth-order valence-corrected chi connectivity index (χ4v) is 16.1. The van der Waals surface area contributed by atoms with Crippen LogP contribution in [0.2, 0.25) is 0 Å². The lowest BCUT2D eigenvalue weighted by molar-refractivity contribution is -0.387. The first-order valence-electron chi connectivity index (χ1n) is 27.2. The van der Waals surface area contributed by atoms with Crippen LogP contribution in [0.1, 0.15) is 106 Å². The molecule has 4 aliphatic heterocycles. The van der Waals surface area contributed by atoms with Crippen LogP contribution in [0.3, 0.4) is 0 Å². The van der Waals surface area contributed by atoms with Crippen LogP contribution in [0.15, 0.2) is 11.6 Å². The number of fused-ring (bicyclic) bond motifs is 7. The van der Waals surface area contributed by atoms with Crippen molar-refractivity contribution >= 4 is 11.8 Å². The lowest BCUT2D eigenvalue weighted by Crippen LogP contribution is -2.68. The first-order valence-corrected chi connectivity index (χ1v) is 27.2. The van der Waals surface area contributed by atoms with Gasteiger partial charge in [0.15, 0.2) is 31.3 Å². The summed E-state index contributed by atoms with van der Waals surface area (Å²) in [6, 6.07) is 0. The van der Waals surface area contributed by atoms with E-state index < -0.39 is 158 Å². The highest BCUT2D eigenvalue weighted by atomic mass is 16.8. The highest BCUT2D eigenvalue weighted by Crippen LogP contribution is 2.75. The number of hydrogen-bond acceptors (Lipinski definition) is 22. The average molecular weight is 1090 g/mol. The molecule has 0 aromatic heterocycles. The number of allylic oxidation sites excluding steroid dienone is 2. The van der Waals surface area contributed by atoms with Crippen LogP contribution >= 0.6 is 0 Å². The van der Waals surface area contributed by atoms with Gasteiger partial charge in [-0.15, -0.1) is 0 Å². The number of carboxylic acids is 1. The topological polar surface area (TPSA) is 371 Å². The van der Waals surface area contributed by atoms with E-state index in [1.807, 2.05) is 13.8 Å². The van der Waals surface area contributed by atoms with E-state index in [2.05, 4.69) is 33.8 Å². The number of rotatable bonds is 12. The molecular weight excluding hydrogens is 1000 g/mol. The minimum atomic E-state index is -2.06. The van der Waals surface area contributed by atoms with Crippen LogP contribution in [-0.2, 0) is 47.5 Å². The Hall–Kier alpha value is -1.92. The van der Waals surface area contributed by atoms with Gasteiger partial charge in [0.2, 0.25) is 0 Å². The minimum Gasteiger partial charge on any atom is -0.479 e. The van der Waals surface area contributed by atoms with E-state index in [0.717, 1.165) is 12.8 Å². The Labute approximate surface area is 442 Å². The quantitative estimate of drug-likeness (QED) is 0.0769. The zero-order valence-corrected chi connectivity index (χ0v) is 44.4. The number of aliphatic carboxylic acids is 1. The monoisotopic (exact) mass is 1090 g/mol. The summed E-state index contributed by atoms with van der Waals surface area (Å²) >= 11 is 0. The number of Topliss-reactive ketones (excluding diaryl/α,β-unsaturated/α-hetero) is 1. The summed E-state index contributed by atoms with van der Waals surface area (Å²) in [6.07, 6.45) is -24.4. The van der Waals surface area contributed by atoms with Gasteiger partial charge >= 0.3 is 5.97 Å². The second-order valence-electron chi connectivity index (χ2n) is 25.6. The molecule has 4 heterocycles. The SMILES string of the molecule is C[C@@H]1O[C@@H](O[C@H]2[C@H](O[C@H]3[C@H](O[C@H]4CC[C@@]5(C)[C@@H](CC[C@]6(C)[C@@H]5CC=C5[C@@H]7C[C@@](C)(CO[C@@H]8O[C@H](CO)[C@@H](O)[C@H](O)[C@H]8O)CC(=O)[C@]7(C)CC[C@]56C)[C@@]4(C)CO)O[C@H](C(=O)O)[C@@H](O)[C@@H]3O)OC[C@@H](O)[C@@H]2O)[C@H](O)[C@H](O)[C@H]1O. The number of hydrogen-bond donors (Lipinski definition) is 13. The number of carbonyl (C=O) groups is 2. The highest BCUT2D eigenvalue weighted by Gasteiger charge is 2.70. The zero-order chi connectivity index (χ0) is 55.6. The van der Waals surface area contributed by atoms with Crippen molar-refractivity contribution < 1.29 is 114 Å². The first kappa shape index (κ1) is 58.7. The van der Waals surface area contributed by atoms with E-state index in [9.17, 15) is 76.0 Å². The molecule has 0 aromatic rings. The van der Waals surface area contributed by atoms with Crippen LogP contribution in [0, 0.1) is 50.2 Å². The van der Waals surface area contributed by atoms with Crippen molar-refractivity contribution in [3.05, 3.63) is 11.6 Å². The molecule has 9 aliphatic rings. The van der Waals surface area contributed by atoms with Crippen LogP contribution < -0.4 is 0 Å². The molecule has 8 fully saturated rings. The Balaban J connectivity index is 0.953. The number of carboxylic acid groups (broad SMARTS) is 1. The Morgan fingerprint density at radius 2 is 1.34 bits per heavy atom. The van der Waals surface area contributed by atoms with Crippen molar-refractivity contribution in [1.82, 2.24) is 0 Å². The standard InChI is InChI=1S/C53H84O23/c1-22-31(58)34(61)39(66)45(71-22)75-41-32(59)25(56)19-69-46(41)76-42-37(64)36(63)40(43(67)68)74-47(42)73-30-11-12-50(4)27(51(30,5)20-55)10-13-53(7)28(50)9-8-23-24-16-48(2,17-29(57)49(24,3)14-15-52(23,53)6)21-70-44-38(65)35(62)33(60)26(18-54)72-44/h8,22,24-28,30-42,44-47,54-56,58-66H,9-21H2,1-7H3,(H,67,68)/t22-,24-,25+,26+,27+,28+,30-,31-,32-,33+,34+,35-,36-,37-,38+,39+,40-,41+,42+,44+,45-,46-,47+,48+,49+,50-,51+,52+,53+/m0/s1. The van der Waals surface area contributed by atoms with E-state index >= 15 is 0 Å². The lowest BCUT2D eigenvalue weighted by Gasteiger charge is -2.71. The number of aliphatic hydroxyl groups is 12. The molecule has 434 valence electrons. The largest absolute Gasteiger partial charge is 0.479 e. The molecule has 4 saturated heterocycles. The molecule has 23 nitrogen and oxygen atoms in total. The molecule has 29 atom stereocenters. The summed E-state index contributed by atoms with van der Waals surface area (Å²) in [4.78, 5) is 27.0. The second-order valence-corrected chi connectivity index (χ2v) is 25.6. The molecule has 5 aliphatic carbocycles. The van der Waals surface area contributed by atoms with E-state index in [-0.39, 0.29) is 59.4 Å². The van der Waals surface area contributed by atoms with Gasteiger partial charge in [-0.1, -0.05) is 53.2 Å². The van der Waals surface area contributed by atoms with Gasteiger partial charge in [-0.25, -0.2) is 4.79 Å². The predicted octanol–water partition coefficient (Wildman–Crippen LogP) is -1.65. The fourth-order valence-electron chi connectivity index (χ4n) is 16.1. The summed E-state index contributed by atoms with van der Waals surface area (Å²) in [6.45, 7) is 12.9. The molecule has 0 bridgehead atoms. The second kappa shape index (κ2) is 21.1. The fraction of sp³-hybridized carbons (Fsp3) is 0.925. The number of ketones is 1. The van der Waals surface area contributed by atoms with Gasteiger partial charge in [0.05, 0.1) is 38.6 Å². The summed E-state index contributed by atoms with van der Waals surface area (Å²) in [5.41, 5.74) is -2.08. The molecule has 76 heavy (non-hydrogen) atoms. The van der Waals surface area contributed by atoms with Crippen molar-refractivity contribution in [1.29, 1.82) is 0 Å². The summed E-state index contributed by atoms with van der Waals surface area (Å²) in [5.74, 6) is -1.69. The van der Waals surface area contributed by atoms with Crippen LogP contribution in [0.25, 0.3) is 0 Å². The van der Waals surface area contributed by atoms with E-state index in [1.54, 1.807) is 0 Å². The molecule has 0 amide bonds. The van der Waals surface area contributed by atoms with Gasteiger partial charge in [0.25, 0.3) is 0 Å². The molecule has 0 unspecified atom stereocenters. The van der Waals surface area contributed by atoms with Crippen LogP contribution in [-0.4, -0.2) is 227 Å². The Kier molecular flexibility index (Phi) is 16.3. The number of aliphatic hydroxyl groups excluding tert-OH is 12. The molecule has 0 aromatic carbocycles. The van der Waals surface area contributed by atoms with Gasteiger partial charge in [0, 0.05) is 17.3 Å². The molecule has 4 saturated carbocycles. The normalized spacial score (nSPS) is 55.6. The van der Waals surface area contributed by atoms with Crippen molar-refractivity contribution in [3.63, 3.8) is 0 Å². The van der Waals surface area contributed by atoms with E-state index in [1.165, 1.54) is 12.5 Å². The molecule has 13 N–H and O–H groups in total. The Morgan fingerprint density at radius 3 is 2.01 bits per heavy atom. The summed E-state index contributed by atoms with van der Waals surface area (Å²) < 4.78 is 47.9. The summed E-state index contributed by atoms with van der Waals surface area (Å²) in [7, 11) is 0. The molecule has 23 heteroatoms. The maximum Gasteiger partial charge on any atom is 0.335 e. The highest BCUT2D eigenvalue weighted by molar-refractivity contribution is 5.87.